The number of benzene rings is 1. The molecule has 1 saturated heterocycles. The van der Waals surface area contributed by atoms with E-state index in [1.54, 1.807) is 18.2 Å². The van der Waals surface area contributed by atoms with E-state index in [0.717, 1.165) is 0 Å². The molecule has 3 unspecified atom stereocenters. The number of ether oxygens (including phenoxy) is 1. The van der Waals surface area contributed by atoms with Crippen molar-refractivity contribution in [3.63, 3.8) is 0 Å². The van der Waals surface area contributed by atoms with Gasteiger partial charge in [0.25, 0.3) is 5.91 Å². The van der Waals surface area contributed by atoms with Crippen molar-refractivity contribution in [1.82, 2.24) is 20.9 Å². The van der Waals surface area contributed by atoms with Crippen LogP contribution in [0.2, 0.25) is 5.02 Å². The topological polar surface area (TPSA) is 150 Å². The highest BCUT2D eigenvalue weighted by molar-refractivity contribution is 6.35. The third kappa shape index (κ3) is 7.15. The summed E-state index contributed by atoms with van der Waals surface area (Å²) in [5, 5.41) is 18.9. The number of carbonyl (C=O) groups excluding carboxylic acids is 3. The molecule has 10 nitrogen and oxygen atoms in total. The number of carbonyl (C=O) groups is 4. The average Bonchev–Trinajstić information content (AvgIpc) is 3.31. The summed E-state index contributed by atoms with van der Waals surface area (Å²) in [4.78, 5) is 53.6. The van der Waals surface area contributed by atoms with Crippen LogP contribution in [0.25, 0.3) is 10.9 Å². The maximum Gasteiger partial charge on any atom is 0.326 e. The molecule has 1 aliphatic heterocycles. The number of amides is 3. The Hall–Kier alpha value is -3.27. The molecule has 0 spiro atoms. The number of halogens is 1. The number of hydrogen-bond acceptors (Lipinski definition) is 5. The first-order chi connectivity index (χ1) is 17.1. The van der Waals surface area contributed by atoms with Crippen LogP contribution >= 0.6 is 11.6 Å². The minimum Gasteiger partial charge on any atom is -0.497 e. The molecule has 37 heavy (non-hydrogen) atoms. The van der Waals surface area contributed by atoms with Crippen LogP contribution in [0.4, 0.5) is 0 Å². The Labute approximate surface area is 220 Å². The molecule has 3 amide bonds. The summed E-state index contributed by atoms with van der Waals surface area (Å²) >= 11 is 6.30. The fourth-order valence-electron chi connectivity index (χ4n) is 4.64. The van der Waals surface area contributed by atoms with Gasteiger partial charge in [0.1, 0.15) is 23.5 Å². The summed E-state index contributed by atoms with van der Waals surface area (Å²) in [7, 11) is 1.51. The van der Waals surface area contributed by atoms with Crippen molar-refractivity contribution in [2.75, 3.05) is 7.11 Å². The van der Waals surface area contributed by atoms with Crippen LogP contribution in [0.3, 0.4) is 0 Å². The lowest BCUT2D eigenvalue weighted by Crippen LogP contribution is -2.53. The van der Waals surface area contributed by atoms with Gasteiger partial charge in [0.15, 0.2) is 0 Å². The van der Waals surface area contributed by atoms with E-state index in [1.165, 1.54) is 7.11 Å². The van der Waals surface area contributed by atoms with Crippen LogP contribution < -0.4 is 20.7 Å². The molecule has 2 aromatic rings. The van der Waals surface area contributed by atoms with Gasteiger partial charge in [-0.3, -0.25) is 14.4 Å². The first kappa shape index (κ1) is 28.3. The number of nitrogens with one attached hydrogen (secondary N) is 4. The van der Waals surface area contributed by atoms with Crippen LogP contribution in [0.1, 0.15) is 64.4 Å². The second kappa shape index (κ2) is 10.6. The van der Waals surface area contributed by atoms with E-state index in [1.807, 2.05) is 34.6 Å². The largest absolute Gasteiger partial charge is 0.497 e. The van der Waals surface area contributed by atoms with E-state index >= 15 is 0 Å². The van der Waals surface area contributed by atoms with Gasteiger partial charge in [-0.1, -0.05) is 32.4 Å². The van der Waals surface area contributed by atoms with Crippen LogP contribution in [0, 0.1) is 11.3 Å². The van der Waals surface area contributed by atoms with Gasteiger partial charge in [-0.25, -0.2) is 4.79 Å². The second-order valence-corrected chi connectivity index (χ2v) is 11.9. The number of carboxylic acids is 1. The van der Waals surface area contributed by atoms with Gasteiger partial charge in [0, 0.05) is 22.9 Å². The first-order valence-electron chi connectivity index (χ1n) is 12.1. The van der Waals surface area contributed by atoms with Gasteiger partial charge in [-0.05, 0) is 50.7 Å². The van der Waals surface area contributed by atoms with Gasteiger partial charge in [-0.2, -0.15) is 0 Å². The summed E-state index contributed by atoms with van der Waals surface area (Å²) in [6, 6.07) is 2.66. The number of H-pyrrole nitrogens is 1. The number of rotatable bonds is 9. The molecule has 0 bridgehead atoms. The molecule has 3 rings (SSSR count). The third-order valence-electron chi connectivity index (χ3n) is 6.30. The van der Waals surface area contributed by atoms with Gasteiger partial charge in [-0.15, -0.1) is 0 Å². The summed E-state index contributed by atoms with van der Waals surface area (Å²) < 4.78 is 5.22. The zero-order valence-corrected chi connectivity index (χ0v) is 22.7. The lowest BCUT2D eigenvalue weighted by Gasteiger charge is -2.27. The summed E-state index contributed by atoms with van der Waals surface area (Å²) in [6.07, 6.45) is 0.666. The molecule has 0 radical (unpaired) electrons. The molecule has 1 aromatic heterocycles. The van der Waals surface area contributed by atoms with Crippen molar-refractivity contribution >= 4 is 46.2 Å². The minimum atomic E-state index is -1.28. The number of methoxy groups -OCH3 is 1. The van der Waals surface area contributed by atoms with Crippen LogP contribution in [-0.4, -0.2) is 58.5 Å². The Kier molecular flexibility index (Phi) is 8.12. The molecule has 0 saturated carbocycles. The summed E-state index contributed by atoms with van der Waals surface area (Å²) in [5.41, 5.74) is -0.0606. The fraction of sp³-hybridized carbons (Fsp3) is 0.538. The number of fused-ring (bicyclic) bond motifs is 1. The van der Waals surface area contributed by atoms with Gasteiger partial charge < -0.3 is 30.8 Å². The SMILES string of the molecule is COc1cc(Cl)c2[nH]c(C(=O)NC(CC(C)(C)C)C(=O)NC(CC3CC(C)(C)NC3=O)C(=O)O)cc2c1. The van der Waals surface area contributed by atoms with Crippen molar-refractivity contribution in [3.8, 4) is 5.75 Å². The quantitative estimate of drug-likeness (QED) is 0.333. The second-order valence-electron chi connectivity index (χ2n) is 11.5. The van der Waals surface area contributed by atoms with Crippen LogP contribution in [0.5, 0.6) is 5.75 Å². The van der Waals surface area contributed by atoms with Crippen LogP contribution in [0.15, 0.2) is 18.2 Å². The maximum absolute atomic E-state index is 13.3. The Balaban J connectivity index is 1.79. The minimum absolute atomic E-state index is 0.0468. The molecule has 202 valence electrons. The number of hydrogen-bond donors (Lipinski definition) is 5. The van der Waals surface area contributed by atoms with Gasteiger partial charge in [0.2, 0.25) is 11.8 Å². The molecule has 2 heterocycles. The van der Waals surface area contributed by atoms with E-state index in [4.69, 9.17) is 16.3 Å². The smallest absolute Gasteiger partial charge is 0.326 e. The van der Waals surface area contributed by atoms with Crippen molar-refractivity contribution in [2.45, 2.75) is 71.5 Å². The fourth-order valence-corrected chi connectivity index (χ4v) is 4.90. The highest BCUT2D eigenvalue weighted by Crippen LogP contribution is 2.30. The summed E-state index contributed by atoms with van der Waals surface area (Å²) in [6.45, 7) is 9.46. The normalized spacial score (nSPS) is 18.7. The van der Waals surface area contributed by atoms with Crippen LogP contribution in [-0.2, 0) is 14.4 Å². The predicted octanol–water partition coefficient (Wildman–Crippen LogP) is 3.24. The van der Waals surface area contributed by atoms with Gasteiger partial charge in [0.05, 0.1) is 17.6 Å². The lowest BCUT2D eigenvalue weighted by molar-refractivity contribution is -0.143. The Morgan fingerprint density at radius 1 is 1.19 bits per heavy atom. The van der Waals surface area contributed by atoms with E-state index in [-0.39, 0.29) is 29.9 Å². The van der Waals surface area contributed by atoms with Crippen molar-refractivity contribution < 1.29 is 29.0 Å². The average molecular weight is 535 g/mol. The zero-order chi connectivity index (χ0) is 27.7. The van der Waals surface area contributed by atoms with E-state index < -0.39 is 41.3 Å². The number of aliphatic carboxylic acids is 1. The highest BCUT2D eigenvalue weighted by atomic mass is 35.5. The molecule has 5 N–H and O–H groups in total. The molecule has 1 aromatic carbocycles. The maximum atomic E-state index is 13.3. The first-order valence-corrected chi connectivity index (χ1v) is 12.5. The van der Waals surface area contributed by atoms with Crippen molar-refractivity contribution in [2.24, 2.45) is 11.3 Å². The molecular formula is C26H35ClN4O6. The molecule has 11 heteroatoms. The molecule has 1 aliphatic rings. The molecule has 0 aliphatic carbocycles. The summed E-state index contributed by atoms with van der Waals surface area (Å²) in [5.74, 6) is -2.67. The van der Waals surface area contributed by atoms with Gasteiger partial charge >= 0.3 is 5.97 Å². The number of aromatic amines is 1. The highest BCUT2D eigenvalue weighted by Gasteiger charge is 2.40. The van der Waals surface area contributed by atoms with Crippen molar-refractivity contribution in [3.05, 3.63) is 28.9 Å². The third-order valence-corrected chi connectivity index (χ3v) is 6.59. The predicted molar refractivity (Wildman–Crippen MR) is 140 cm³/mol. The Morgan fingerprint density at radius 2 is 1.86 bits per heavy atom. The molecule has 3 atom stereocenters. The van der Waals surface area contributed by atoms with E-state index in [2.05, 4.69) is 20.9 Å². The zero-order valence-electron chi connectivity index (χ0n) is 22.0. The molecule has 1 fully saturated rings. The van der Waals surface area contributed by atoms with E-state index in [9.17, 15) is 24.3 Å². The number of aromatic nitrogens is 1. The Morgan fingerprint density at radius 3 is 2.41 bits per heavy atom. The standard InChI is InChI=1S/C26H35ClN4O6/c1-25(2,3)12-19(23(34)29-18(24(35)36)9-14-11-26(4,5)31-21(14)32)30-22(33)17-8-13-7-15(37-6)10-16(27)20(13)28-17/h7-8,10,14,18-19,28H,9,11-12H2,1-6H3,(H,29,34)(H,30,33)(H,31,32)(H,35,36). The number of carboxylic acid groups (broad SMARTS) is 1. The monoisotopic (exact) mass is 534 g/mol. The van der Waals surface area contributed by atoms with Crippen molar-refractivity contribution in [1.29, 1.82) is 0 Å². The molecular weight excluding hydrogens is 500 g/mol. The lowest BCUT2D eigenvalue weighted by atomic mass is 9.87. The van der Waals surface area contributed by atoms with E-state index in [0.29, 0.717) is 28.1 Å². The Bertz CT molecular complexity index is 1220.